The van der Waals surface area contributed by atoms with Gasteiger partial charge in [-0.1, -0.05) is 6.42 Å². The molecule has 8 nitrogen and oxygen atoms in total. The van der Waals surface area contributed by atoms with Gasteiger partial charge < -0.3 is 20.1 Å². The zero-order valence-corrected chi connectivity index (χ0v) is 19.4. The number of rotatable bonds is 6. The van der Waals surface area contributed by atoms with Crippen LogP contribution in [0, 0.1) is 5.41 Å². The van der Waals surface area contributed by atoms with Crippen molar-refractivity contribution in [1.82, 2.24) is 25.4 Å². The zero-order chi connectivity index (χ0) is 18.9. The lowest BCUT2D eigenvalue weighted by Gasteiger charge is -2.61. The highest BCUT2D eigenvalue weighted by Crippen LogP contribution is 2.57. The molecule has 4 rings (SSSR count). The number of nitrogens with zero attached hydrogens (tertiary/aromatic N) is 4. The van der Waals surface area contributed by atoms with Crippen LogP contribution < -0.4 is 10.6 Å². The van der Waals surface area contributed by atoms with Gasteiger partial charge in [-0.3, -0.25) is 4.99 Å². The van der Waals surface area contributed by atoms with Crippen LogP contribution in [0.15, 0.2) is 4.99 Å². The van der Waals surface area contributed by atoms with E-state index in [9.17, 15) is 0 Å². The van der Waals surface area contributed by atoms with Gasteiger partial charge in [0.2, 0.25) is 0 Å². The van der Waals surface area contributed by atoms with Gasteiger partial charge in [-0.25, -0.2) is 9.67 Å². The Kier molecular flexibility index (Phi) is 7.19. The molecule has 2 fully saturated rings. The van der Waals surface area contributed by atoms with Crippen LogP contribution in [0.1, 0.15) is 50.7 Å². The van der Waals surface area contributed by atoms with E-state index in [-0.39, 0.29) is 24.0 Å². The molecule has 158 valence electrons. The monoisotopic (exact) mass is 504 g/mol. The van der Waals surface area contributed by atoms with Crippen LogP contribution in [0.2, 0.25) is 0 Å². The highest BCUT2D eigenvalue weighted by molar-refractivity contribution is 14.0. The highest BCUT2D eigenvalue weighted by atomic mass is 127. The standard InChI is InChI=1S/C19H32N6O2.HI/c1-4-27-15-10-14(19(15)8-5-9-19)22-18(20-2)21-13-6-7-17-23-16(12-26-3)24-25(17)11-13;/h13-15H,4-12H2,1-3H3,(H2,20,21,22);1H. The Morgan fingerprint density at radius 1 is 1.36 bits per heavy atom. The van der Waals surface area contributed by atoms with Crippen LogP contribution in [0.5, 0.6) is 0 Å². The second-order valence-corrected chi connectivity index (χ2v) is 7.97. The minimum atomic E-state index is 0. The summed E-state index contributed by atoms with van der Waals surface area (Å²) in [6, 6.07) is 0.772. The predicted octanol–water partition coefficient (Wildman–Crippen LogP) is 1.87. The number of aromatic nitrogens is 3. The number of halogens is 1. The van der Waals surface area contributed by atoms with Crippen molar-refractivity contribution in [2.24, 2.45) is 10.4 Å². The molecule has 0 amide bonds. The number of guanidine groups is 1. The molecule has 28 heavy (non-hydrogen) atoms. The molecule has 2 heterocycles. The minimum Gasteiger partial charge on any atom is -0.378 e. The van der Waals surface area contributed by atoms with Gasteiger partial charge >= 0.3 is 0 Å². The molecule has 0 bridgehead atoms. The summed E-state index contributed by atoms with van der Waals surface area (Å²) < 4.78 is 13.1. The SMILES string of the molecule is CCOC1CC(NC(=NC)NC2CCc3nc(COC)nn3C2)C12CCC2.I. The van der Waals surface area contributed by atoms with Crippen LogP contribution in [-0.2, 0) is 29.0 Å². The first-order chi connectivity index (χ1) is 13.2. The van der Waals surface area contributed by atoms with Gasteiger partial charge in [0.25, 0.3) is 0 Å². The van der Waals surface area contributed by atoms with Gasteiger partial charge in [-0.15, -0.1) is 24.0 Å². The molecule has 3 unspecified atom stereocenters. The largest absolute Gasteiger partial charge is 0.378 e. The summed E-state index contributed by atoms with van der Waals surface area (Å²) in [5, 5.41) is 11.8. The van der Waals surface area contributed by atoms with Crippen LogP contribution in [0.4, 0.5) is 0 Å². The molecule has 0 radical (unpaired) electrons. The van der Waals surface area contributed by atoms with Crippen LogP contribution >= 0.6 is 24.0 Å². The lowest BCUT2D eigenvalue weighted by Crippen LogP contribution is -2.69. The average Bonchev–Trinajstić information content (AvgIpc) is 3.00. The smallest absolute Gasteiger partial charge is 0.191 e. The number of ether oxygens (including phenoxy) is 2. The summed E-state index contributed by atoms with van der Waals surface area (Å²) in [6.45, 7) is 4.17. The van der Waals surface area contributed by atoms with Gasteiger partial charge in [0.1, 0.15) is 12.4 Å². The normalized spacial score (nSPS) is 28.0. The van der Waals surface area contributed by atoms with Gasteiger partial charge in [-0.05, 0) is 32.6 Å². The van der Waals surface area contributed by atoms with Crippen molar-refractivity contribution in [3.8, 4) is 0 Å². The number of aliphatic imine (C=N–C) groups is 1. The van der Waals surface area contributed by atoms with Crippen molar-refractivity contribution in [2.75, 3.05) is 20.8 Å². The van der Waals surface area contributed by atoms with Gasteiger partial charge in [0, 0.05) is 44.7 Å². The third kappa shape index (κ3) is 4.02. The molecule has 9 heteroatoms. The van der Waals surface area contributed by atoms with E-state index in [1.807, 2.05) is 11.7 Å². The molecule has 3 atom stereocenters. The molecule has 0 aromatic carbocycles. The fourth-order valence-corrected chi connectivity index (χ4v) is 4.84. The Morgan fingerprint density at radius 3 is 2.82 bits per heavy atom. The van der Waals surface area contributed by atoms with Gasteiger partial charge in [-0.2, -0.15) is 5.10 Å². The van der Waals surface area contributed by atoms with E-state index in [1.54, 1.807) is 7.11 Å². The van der Waals surface area contributed by atoms with E-state index in [2.05, 4.69) is 32.6 Å². The Bertz CT molecular complexity index is 690. The van der Waals surface area contributed by atoms with Crippen molar-refractivity contribution in [3.63, 3.8) is 0 Å². The fourth-order valence-electron chi connectivity index (χ4n) is 4.84. The fraction of sp³-hybridized carbons (Fsp3) is 0.842. The van der Waals surface area contributed by atoms with Crippen molar-refractivity contribution >= 4 is 29.9 Å². The summed E-state index contributed by atoms with van der Waals surface area (Å²) in [4.78, 5) is 9.03. The molecule has 1 aromatic rings. The number of hydrogen-bond acceptors (Lipinski definition) is 5. The summed E-state index contributed by atoms with van der Waals surface area (Å²) in [5.74, 6) is 2.71. The second kappa shape index (κ2) is 9.25. The van der Waals surface area contributed by atoms with Crippen molar-refractivity contribution < 1.29 is 9.47 Å². The summed E-state index contributed by atoms with van der Waals surface area (Å²) in [5.41, 5.74) is 0.328. The molecule has 0 saturated heterocycles. The second-order valence-electron chi connectivity index (χ2n) is 7.97. The summed E-state index contributed by atoms with van der Waals surface area (Å²) in [6.07, 6.45) is 7.29. The summed E-state index contributed by atoms with van der Waals surface area (Å²) >= 11 is 0. The third-order valence-corrected chi connectivity index (χ3v) is 6.49. The first-order valence-electron chi connectivity index (χ1n) is 10.2. The average molecular weight is 504 g/mol. The lowest BCUT2D eigenvalue weighted by atomic mass is 9.51. The van der Waals surface area contributed by atoms with Gasteiger partial charge in [0.15, 0.2) is 11.8 Å². The first kappa shape index (κ1) is 21.8. The lowest BCUT2D eigenvalue weighted by molar-refractivity contribution is -0.168. The zero-order valence-electron chi connectivity index (χ0n) is 17.1. The van der Waals surface area contributed by atoms with Crippen LogP contribution in [0.25, 0.3) is 0 Å². The van der Waals surface area contributed by atoms with Gasteiger partial charge in [0.05, 0.1) is 12.6 Å². The Hall–Kier alpha value is -0.940. The quantitative estimate of drug-likeness (QED) is 0.350. The Balaban J connectivity index is 0.00000225. The van der Waals surface area contributed by atoms with E-state index >= 15 is 0 Å². The maximum atomic E-state index is 5.96. The molecular weight excluding hydrogens is 471 g/mol. The van der Waals surface area contributed by atoms with E-state index in [0.29, 0.717) is 30.2 Å². The molecule has 3 aliphatic rings. The minimum absolute atomic E-state index is 0. The topological polar surface area (TPSA) is 85.6 Å². The molecule has 2 N–H and O–H groups in total. The number of nitrogens with one attached hydrogen (secondary N) is 2. The molecular formula is C19H33IN6O2. The molecule has 2 saturated carbocycles. The Labute approximate surface area is 184 Å². The maximum Gasteiger partial charge on any atom is 0.191 e. The highest BCUT2D eigenvalue weighted by Gasteiger charge is 2.59. The number of aryl methyl sites for hydroxylation is 1. The van der Waals surface area contributed by atoms with E-state index in [1.165, 1.54) is 19.3 Å². The van der Waals surface area contributed by atoms with Crippen LogP contribution in [0.3, 0.4) is 0 Å². The maximum absolute atomic E-state index is 5.96. The molecule has 1 aliphatic heterocycles. The predicted molar refractivity (Wildman–Crippen MR) is 118 cm³/mol. The van der Waals surface area contributed by atoms with Crippen molar-refractivity contribution in [3.05, 3.63) is 11.6 Å². The number of fused-ring (bicyclic) bond motifs is 1. The van der Waals surface area contributed by atoms with E-state index < -0.39 is 0 Å². The van der Waals surface area contributed by atoms with E-state index in [0.717, 1.165) is 50.0 Å². The molecule has 1 aromatic heterocycles. The third-order valence-electron chi connectivity index (χ3n) is 6.49. The number of hydrogen-bond donors (Lipinski definition) is 2. The number of methoxy groups -OCH3 is 1. The van der Waals surface area contributed by atoms with Crippen molar-refractivity contribution in [1.29, 1.82) is 0 Å². The summed E-state index contributed by atoms with van der Waals surface area (Å²) in [7, 11) is 3.52. The van der Waals surface area contributed by atoms with Crippen LogP contribution in [-0.4, -0.2) is 59.7 Å². The first-order valence-corrected chi connectivity index (χ1v) is 10.2. The van der Waals surface area contributed by atoms with Crippen molar-refractivity contribution in [2.45, 2.75) is 76.8 Å². The molecule has 1 spiro atoms. The molecule has 2 aliphatic carbocycles. The van der Waals surface area contributed by atoms with E-state index in [4.69, 9.17) is 9.47 Å². The Morgan fingerprint density at radius 2 is 2.18 bits per heavy atom.